The molecule has 0 aromatic heterocycles. The normalized spacial score (nSPS) is 13.8. The highest BCUT2D eigenvalue weighted by Crippen LogP contribution is 2.35. The standard InChI is InChI=1S/C10H23O5PS/c1-3-5-6-7-8-9-10-17(12,13)15-16(11)14-4-2/h11H,3-10H2,1-2H3. The van der Waals surface area contributed by atoms with E-state index in [1.807, 2.05) is 0 Å². The second kappa shape index (κ2) is 10.2. The highest BCUT2D eigenvalue weighted by atomic mass is 32.2. The summed E-state index contributed by atoms with van der Waals surface area (Å²) < 4.78 is 31.8. The Hall–Kier alpha value is 0.260. The molecule has 0 aromatic carbocycles. The van der Waals surface area contributed by atoms with E-state index in [0.29, 0.717) is 6.42 Å². The first-order valence-corrected chi connectivity index (χ1v) is 8.76. The molecular weight excluding hydrogens is 263 g/mol. The molecule has 0 bridgehead atoms. The zero-order valence-electron chi connectivity index (χ0n) is 10.6. The van der Waals surface area contributed by atoms with Gasteiger partial charge in [0.05, 0.1) is 12.4 Å². The summed E-state index contributed by atoms with van der Waals surface area (Å²) in [6, 6.07) is 0. The van der Waals surface area contributed by atoms with Gasteiger partial charge in [-0.2, -0.15) is 12.4 Å². The molecule has 0 aromatic rings. The van der Waals surface area contributed by atoms with Crippen molar-refractivity contribution in [2.24, 2.45) is 0 Å². The topological polar surface area (TPSA) is 72.8 Å². The summed E-state index contributed by atoms with van der Waals surface area (Å²) in [4.78, 5) is 9.10. The van der Waals surface area contributed by atoms with Crippen LogP contribution in [-0.4, -0.2) is 25.7 Å². The molecule has 7 heteroatoms. The minimum absolute atomic E-state index is 0.0500. The monoisotopic (exact) mass is 286 g/mol. The van der Waals surface area contributed by atoms with Crippen molar-refractivity contribution in [3.63, 3.8) is 0 Å². The predicted molar refractivity (Wildman–Crippen MR) is 69.0 cm³/mol. The fourth-order valence-corrected chi connectivity index (χ4v) is 3.35. The number of rotatable bonds is 11. The molecule has 0 fully saturated rings. The van der Waals surface area contributed by atoms with Gasteiger partial charge in [-0.05, 0) is 13.3 Å². The summed E-state index contributed by atoms with van der Waals surface area (Å²) in [7, 11) is -5.93. The van der Waals surface area contributed by atoms with E-state index in [2.05, 4.69) is 15.4 Å². The van der Waals surface area contributed by atoms with Gasteiger partial charge >= 0.3 is 8.60 Å². The fourth-order valence-electron chi connectivity index (χ4n) is 1.33. The van der Waals surface area contributed by atoms with Crippen LogP contribution in [-0.2, 0) is 18.6 Å². The first-order chi connectivity index (χ1) is 8.02. The van der Waals surface area contributed by atoms with Crippen LogP contribution in [0.5, 0.6) is 0 Å². The summed E-state index contributed by atoms with van der Waals surface area (Å²) in [5.74, 6) is -0.0500. The molecule has 0 spiro atoms. The van der Waals surface area contributed by atoms with Crippen molar-refractivity contribution in [2.45, 2.75) is 52.4 Å². The summed E-state index contributed by atoms with van der Waals surface area (Å²) in [6.07, 6.45) is 5.99. The van der Waals surface area contributed by atoms with Crippen LogP contribution in [0.4, 0.5) is 0 Å². The summed E-state index contributed by atoms with van der Waals surface area (Å²) in [5, 5.41) is 0. The van der Waals surface area contributed by atoms with Crippen LogP contribution >= 0.6 is 8.60 Å². The Kier molecular flexibility index (Phi) is 10.4. The highest BCUT2D eigenvalue weighted by Gasteiger charge is 2.18. The Bertz CT molecular complexity index is 268. The molecule has 0 saturated heterocycles. The van der Waals surface area contributed by atoms with Gasteiger partial charge in [-0.15, -0.1) is 0 Å². The smallest absolute Gasteiger partial charge is 0.327 e. The molecule has 0 saturated carbocycles. The van der Waals surface area contributed by atoms with E-state index in [1.165, 1.54) is 12.8 Å². The molecule has 104 valence electrons. The van der Waals surface area contributed by atoms with Gasteiger partial charge in [-0.3, -0.25) is 0 Å². The lowest BCUT2D eigenvalue weighted by Gasteiger charge is -2.09. The van der Waals surface area contributed by atoms with Gasteiger partial charge < -0.3 is 9.42 Å². The average Bonchev–Trinajstić information content (AvgIpc) is 2.22. The summed E-state index contributed by atoms with van der Waals surface area (Å²) >= 11 is 0. The third kappa shape index (κ3) is 11.1. The van der Waals surface area contributed by atoms with Crippen LogP contribution in [0.25, 0.3) is 0 Å². The molecule has 1 unspecified atom stereocenters. The lowest BCUT2D eigenvalue weighted by molar-refractivity contribution is 0.276. The molecule has 1 N–H and O–H groups in total. The zero-order valence-corrected chi connectivity index (χ0v) is 12.3. The van der Waals surface area contributed by atoms with Crippen molar-refractivity contribution < 1.29 is 21.8 Å². The van der Waals surface area contributed by atoms with Crippen LogP contribution in [0.1, 0.15) is 52.4 Å². The molecular formula is C10H23O5PS. The van der Waals surface area contributed by atoms with E-state index in [-0.39, 0.29) is 12.4 Å². The van der Waals surface area contributed by atoms with Gasteiger partial charge in [0.2, 0.25) is 0 Å². The van der Waals surface area contributed by atoms with E-state index >= 15 is 0 Å². The van der Waals surface area contributed by atoms with Gasteiger partial charge in [0.25, 0.3) is 10.1 Å². The number of hydrogen-bond donors (Lipinski definition) is 1. The predicted octanol–water partition coefficient (Wildman–Crippen LogP) is 2.95. The van der Waals surface area contributed by atoms with E-state index < -0.39 is 18.7 Å². The molecule has 5 nitrogen and oxygen atoms in total. The fraction of sp³-hybridized carbons (Fsp3) is 1.00. The SMILES string of the molecule is CCCCCCCCS(=O)(=O)OP(O)OCC. The van der Waals surface area contributed by atoms with E-state index in [1.54, 1.807) is 6.92 Å². The van der Waals surface area contributed by atoms with Crippen LogP contribution in [0.15, 0.2) is 0 Å². The molecule has 17 heavy (non-hydrogen) atoms. The Labute approximate surface area is 106 Å². The minimum Gasteiger partial charge on any atom is -0.327 e. The molecule has 0 amide bonds. The van der Waals surface area contributed by atoms with Crippen LogP contribution in [0.3, 0.4) is 0 Å². The Morgan fingerprint density at radius 1 is 1.06 bits per heavy atom. The van der Waals surface area contributed by atoms with Crippen molar-refractivity contribution in [1.82, 2.24) is 0 Å². The van der Waals surface area contributed by atoms with Crippen molar-refractivity contribution in [2.75, 3.05) is 12.4 Å². The lowest BCUT2D eigenvalue weighted by Crippen LogP contribution is -2.08. The van der Waals surface area contributed by atoms with Gasteiger partial charge in [-0.1, -0.05) is 39.0 Å². The van der Waals surface area contributed by atoms with E-state index in [0.717, 1.165) is 19.3 Å². The van der Waals surface area contributed by atoms with Crippen molar-refractivity contribution >= 4 is 18.7 Å². The number of hydrogen-bond acceptors (Lipinski definition) is 5. The first-order valence-electron chi connectivity index (χ1n) is 6.06. The maximum absolute atomic E-state index is 11.4. The van der Waals surface area contributed by atoms with Gasteiger partial charge in [0.15, 0.2) is 0 Å². The molecule has 0 heterocycles. The van der Waals surface area contributed by atoms with Gasteiger partial charge in [-0.25, -0.2) is 0 Å². The minimum atomic E-state index is -3.64. The Morgan fingerprint density at radius 2 is 1.65 bits per heavy atom. The number of unbranched alkanes of at least 4 members (excludes halogenated alkanes) is 5. The zero-order chi connectivity index (χ0) is 13.1. The quantitative estimate of drug-likeness (QED) is 0.467. The third-order valence-corrected chi connectivity index (χ3v) is 4.85. The summed E-state index contributed by atoms with van der Waals surface area (Å²) in [5.41, 5.74) is 0. The van der Waals surface area contributed by atoms with Crippen LogP contribution in [0, 0.1) is 0 Å². The Balaban J connectivity index is 3.64. The molecule has 0 aliphatic heterocycles. The maximum atomic E-state index is 11.4. The second-order valence-electron chi connectivity index (χ2n) is 3.76. The average molecular weight is 286 g/mol. The lowest BCUT2D eigenvalue weighted by atomic mass is 10.1. The first kappa shape index (κ1) is 17.3. The maximum Gasteiger partial charge on any atom is 0.345 e. The molecule has 0 aliphatic rings. The molecule has 0 radical (unpaired) electrons. The van der Waals surface area contributed by atoms with Crippen LogP contribution in [0.2, 0.25) is 0 Å². The summed E-state index contributed by atoms with van der Waals surface area (Å²) in [6.45, 7) is 4.03. The largest absolute Gasteiger partial charge is 0.345 e. The Morgan fingerprint density at radius 3 is 2.24 bits per heavy atom. The van der Waals surface area contributed by atoms with Crippen molar-refractivity contribution in [3.05, 3.63) is 0 Å². The highest BCUT2D eigenvalue weighted by molar-refractivity contribution is 7.90. The molecule has 1 atom stereocenters. The van der Waals surface area contributed by atoms with Crippen molar-refractivity contribution in [3.8, 4) is 0 Å². The van der Waals surface area contributed by atoms with Crippen molar-refractivity contribution in [1.29, 1.82) is 0 Å². The molecule has 0 aliphatic carbocycles. The van der Waals surface area contributed by atoms with E-state index in [9.17, 15) is 8.42 Å². The van der Waals surface area contributed by atoms with Gasteiger partial charge in [0.1, 0.15) is 0 Å². The second-order valence-corrected chi connectivity index (χ2v) is 6.61. The van der Waals surface area contributed by atoms with E-state index in [4.69, 9.17) is 4.89 Å². The third-order valence-electron chi connectivity index (χ3n) is 2.16. The molecule has 0 rings (SSSR count). The van der Waals surface area contributed by atoms with Gasteiger partial charge in [0, 0.05) is 0 Å². The van der Waals surface area contributed by atoms with Crippen LogP contribution < -0.4 is 0 Å².